The van der Waals surface area contributed by atoms with Crippen molar-refractivity contribution in [2.24, 2.45) is 11.1 Å². The van der Waals surface area contributed by atoms with Crippen molar-refractivity contribution in [1.82, 2.24) is 4.98 Å². The molecule has 1 fully saturated rings. The fraction of sp³-hybridized carbons (Fsp3) is 0.364. The second-order valence-electron chi connectivity index (χ2n) is 3.99. The number of carbonyl (C=O) groups is 1. The largest absolute Gasteiger partial charge is 0.481 e. The molecule has 1 aliphatic rings. The number of methoxy groups -OCH3 is 1. The fourth-order valence-electron chi connectivity index (χ4n) is 1.54. The van der Waals surface area contributed by atoms with Gasteiger partial charge in [-0.05, 0) is 18.9 Å². The van der Waals surface area contributed by atoms with Crippen LogP contribution in [0.4, 0.5) is 5.69 Å². The standard InChI is InChI=1S/C11H13N3O2S/c1-16-8-3-2-7(6-13-8)14-10(15)11(4-5-11)9(12)17/h2-3,6H,4-5H2,1H3,(H2,12,17)(H,14,15). The summed E-state index contributed by atoms with van der Waals surface area (Å²) in [6.45, 7) is 0. The third kappa shape index (κ3) is 2.21. The summed E-state index contributed by atoms with van der Waals surface area (Å²) in [4.78, 5) is 16.2. The maximum absolute atomic E-state index is 12.0. The molecule has 1 aliphatic carbocycles. The van der Waals surface area contributed by atoms with Crippen molar-refractivity contribution in [3.63, 3.8) is 0 Å². The van der Waals surface area contributed by atoms with Crippen molar-refractivity contribution >= 4 is 28.8 Å². The Morgan fingerprint density at radius 2 is 2.29 bits per heavy atom. The monoisotopic (exact) mass is 251 g/mol. The van der Waals surface area contributed by atoms with Gasteiger partial charge in [-0.1, -0.05) is 12.2 Å². The summed E-state index contributed by atoms with van der Waals surface area (Å²) in [6, 6.07) is 3.40. The smallest absolute Gasteiger partial charge is 0.237 e. The van der Waals surface area contributed by atoms with Crippen molar-refractivity contribution in [2.45, 2.75) is 12.8 Å². The summed E-state index contributed by atoms with van der Waals surface area (Å²) in [5, 5.41) is 2.75. The quantitative estimate of drug-likeness (QED) is 0.783. The van der Waals surface area contributed by atoms with Crippen LogP contribution in [0.3, 0.4) is 0 Å². The van der Waals surface area contributed by atoms with Gasteiger partial charge in [-0.25, -0.2) is 4.98 Å². The highest BCUT2D eigenvalue weighted by Crippen LogP contribution is 2.46. The van der Waals surface area contributed by atoms with Gasteiger partial charge in [-0.15, -0.1) is 0 Å². The number of hydrogen-bond donors (Lipinski definition) is 2. The predicted molar refractivity (Wildman–Crippen MR) is 67.9 cm³/mol. The highest BCUT2D eigenvalue weighted by molar-refractivity contribution is 7.80. The first-order chi connectivity index (χ1) is 8.08. The molecule has 0 radical (unpaired) electrons. The summed E-state index contributed by atoms with van der Waals surface area (Å²) in [5.74, 6) is 0.343. The molecule has 0 aliphatic heterocycles. The lowest BCUT2D eigenvalue weighted by Gasteiger charge is -2.13. The Hall–Kier alpha value is -1.69. The molecule has 0 saturated heterocycles. The van der Waals surface area contributed by atoms with Crippen LogP contribution in [-0.2, 0) is 4.79 Å². The van der Waals surface area contributed by atoms with E-state index in [9.17, 15) is 4.79 Å². The Bertz CT molecular complexity index is 454. The SMILES string of the molecule is COc1ccc(NC(=O)C2(C(N)=S)CC2)cn1. The minimum Gasteiger partial charge on any atom is -0.481 e. The Balaban J connectivity index is 2.06. The van der Waals surface area contributed by atoms with Crippen LogP contribution in [0.5, 0.6) is 5.88 Å². The zero-order chi connectivity index (χ0) is 12.5. The maximum atomic E-state index is 12.0. The van der Waals surface area contributed by atoms with Gasteiger partial charge in [0.25, 0.3) is 0 Å². The van der Waals surface area contributed by atoms with Gasteiger partial charge < -0.3 is 15.8 Å². The highest BCUT2D eigenvalue weighted by atomic mass is 32.1. The molecule has 1 heterocycles. The number of nitrogens with zero attached hydrogens (tertiary/aromatic N) is 1. The number of pyridine rings is 1. The van der Waals surface area contributed by atoms with Crippen molar-refractivity contribution in [2.75, 3.05) is 12.4 Å². The molecule has 90 valence electrons. The molecule has 0 bridgehead atoms. The van der Waals surface area contributed by atoms with Crippen LogP contribution in [-0.4, -0.2) is 23.0 Å². The lowest BCUT2D eigenvalue weighted by molar-refractivity contribution is -0.118. The van der Waals surface area contributed by atoms with E-state index in [-0.39, 0.29) is 10.9 Å². The Kier molecular flexibility index (Phi) is 2.97. The van der Waals surface area contributed by atoms with Crippen LogP contribution in [0.25, 0.3) is 0 Å². The van der Waals surface area contributed by atoms with Crippen molar-refractivity contribution in [3.8, 4) is 5.88 Å². The van der Waals surface area contributed by atoms with E-state index in [1.54, 1.807) is 12.1 Å². The maximum Gasteiger partial charge on any atom is 0.237 e. The normalized spacial score (nSPS) is 16.1. The minimum atomic E-state index is -0.644. The lowest BCUT2D eigenvalue weighted by atomic mass is 10.1. The fourth-order valence-corrected chi connectivity index (χ4v) is 1.83. The molecule has 0 unspecified atom stereocenters. The van der Waals surface area contributed by atoms with E-state index in [2.05, 4.69) is 10.3 Å². The molecule has 0 spiro atoms. The molecule has 3 N–H and O–H groups in total. The molecule has 1 aromatic heterocycles. The Labute approximate surface area is 104 Å². The second kappa shape index (κ2) is 4.29. The van der Waals surface area contributed by atoms with Crippen LogP contribution >= 0.6 is 12.2 Å². The lowest BCUT2D eigenvalue weighted by Crippen LogP contribution is -2.35. The number of ether oxygens (including phenoxy) is 1. The molecule has 0 aromatic carbocycles. The van der Waals surface area contributed by atoms with Gasteiger partial charge in [0.15, 0.2) is 0 Å². The number of amides is 1. The van der Waals surface area contributed by atoms with Crippen molar-refractivity contribution in [3.05, 3.63) is 18.3 Å². The van der Waals surface area contributed by atoms with Gasteiger partial charge in [0, 0.05) is 6.07 Å². The van der Waals surface area contributed by atoms with Gasteiger partial charge in [-0.3, -0.25) is 4.79 Å². The zero-order valence-corrected chi connectivity index (χ0v) is 10.2. The molecule has 1 saturated carbocycles. The number of thiocarbonyl (C=S) groups is 1. The topological polar surface area (TPSA) is 77.2 Å². The molecule has 0 atom stereocenters. The van der Waals surface area contributed by atoms with Crippen LogP contribution in [0.1, 0.15) is 12.8 Å². The molecule has 5 nitrogen and oxygen atoms in total. The van der Waals surface area contributed by atoms with E-state index >= 15 is 0 Å². The highest BCUT2D eigenvalue weighted by Gasteiger charge is 2.52. The molecule has 1 amide bonds. The minimum absolute atomic E-state index is 0.156. The van der Waals surface area contributed by atoms with Gasteiger partial charge in [-0.2, -0.15) is 0 Å². The van der Waals surface area contributed by atoms with E-state index in [0.717, 1.165) is 12.8 Å². The molecule has 1 aromatic rings. The van der Waals surface area contributed by atoms with Crippen LogP contribution in [0.2, 0.25) is 0 Å². The summed E-state index contributed by atoms with van der Waals surface area (Å²) >= 11 is 4.91. The molecule has 17 heavy (non-hydrogen) atoms. The number of aromatic nitrogens is 1. The number of nitrogens with two attached hydrogens (primary N) is 1. The Morgan fingerprint density at radius 3 is 2.71 bits per heavy atom. The van der Waals surface area contributed by atoms with Crippen LogP contribution < -0.4 is 15.8 Å². The molecular weight excluding hydrogens is 238 g/mol. The summed E-state index contributed by atoms with van der Waals surface area (Å²) in [6.07, 6.45) is 2.97. The number of carbonyl (C=O) groups excluding carboxylic acids is 1. The average Bonchev–Trinajstić information content (AvgIpc) is 3.11. The van der Waals surface area contributed by atoms with Crippen LogP contribution in [0.15, 0.2) is 18.3 Å². The number of anilines is 1. The average molecular weight is 251 g/mol. The van der Waals surface area contributed by atoms with Crippen molar-refractivity contribution < 1.29 is 9.53 Å². The number of rotatable bonds is 4. The van der Waals surface area contributed by atoms with E-state index in [1.807, 2.05) is 0 Å². The molecule has 2 rings (SSSR count). The van der Waals surface area contributed by atoms with Crippen LogP contribution in [0, 0.1) is 5.41 Å². The summed E-state index contributed by atoms with van der Waals surface area (Å²) in [7, 11) is 1.53. The summed E-state index contributed by atoms with van der Waals surface area (Å²) < 4.78 is 4.93. The zero-order valence-electron chi connectivity index (χ0n) is 9.40. The summed E-state index contributed by atoms with van der Waals surface area (Å²) in [5.41, 5.74) is 5.53. The van der Waals surface area contributed by atoms with E-state index in [1.165, 1.54) is 13.3 Å². The Morgan fingerprint density at radius 1 is 1.59 bits per heavy atom. The first-order valence-electron chi connectivity index (χ1n) is 5.20. The van der Waals surface area contributed by atoms with Crippen molar-refractivity contribution in [1.29, 1.82) is 0 Å². The molecule has 6 heteroatoms. The third-order valence-electron chi connectivity index (χ3n) is 2.86. The first-order valence-corrected chi connectivity index (χ1v) is 5.61. The van der Waals surface area contributed by atoms with Gasteiger partial charge in [0.1, 0.15) is 0 Å². The predicted octanol–water partition coefficient (Wildman–Crippen LogP) is 1.09. The van der Waals surface area contributed by atoms with Gasteiger partial charge in [0.2, 0.25) is 11.8 Å². The van der Waals surface area contributed by atoms with E-state index in [0.29, 0.717) is 11.6 Å². The van der Waals surface area contributed by atoms with Gasteiger partial charge >= 0.3 is 0 Å². The molecular formula is C11H13N3O2S. The van der Waals surface area contributed by atoms with Gasteiger partial charge in [0.05, 0.1) is 29.4 Å². The third-order valence-corrected chi connectivity index (χ3v) is 3.25. The number of hydrogen-bond acceptors (Lipinski definition) is 4. The van der Waals surface area contributed by atoms with E-state index in [4.69, 9.17) is 22.7 Å². The van der Waals surface area contributed by atoms with E-state index < -0.39 is 5.41 Å². The first kappa shape index (κ1) is 11.8. The second-order valence-corrected chi connectivity index (χ2v) is 4.43. The number of nitrogens with one attached hydrogen (secondary N) is 1.